The van der Waals surface area contributed by atoms with Crippen molar-refractivity contribution >= 4 is 29.6 Å². The maximum Gasteiger partial charge on any atom is 0.416 e. The first-order valence-electron chi connectivity index (χ1n) is 8.52. The summed E-state index contributed by atoms with van der Waals surface area (Å²) in [6, 6.07) is 9.09. The highest BCUT2D eigenvalue weighted by atomic mass is 19.4. The molecule has 29 heavy (non-hydrogen) atoms. The Morgan fingerprint density at radius 2 is 1.76 bits per heavy atom. The highest BCUT2D eigenvalue weighted by Crippen LogP contribution is 2.32. The Bertz CT molecular complexity index is 998. The van der Waals surface area contributed by atoms with Gasteiger partial charge in [0.05, 0.1) is 17.9 Å². The van der Waals surface area contributed by atoms with Crippen LogP contribution in [0.25, 0.3) is 6.08 Å². The van der Waals surface area contributed by atoms with E-state index in [1.807, 2.05) is 12.2 Å². The molecule has 0 unspecified atom stereocenters. The molecule has 9 heteroatoms. The normalized spacial score (nSPS) is 16.2. The Hall–Kier alpha value is -3.62. The van der Waals surface area contributed by atoms with Crippen LogP contribution in [0.2, 0.25) is 0 Å². The number of benzene rings is 2. The number of hydrogen-bond acceptors (Lipinski definition) is 4. The van der Waals surface area contributed by atoms with Gasteiger partial charge in [-0.3, -0.25) is 14.9 Å². The topological polar surface area (TPSA) is 75.7 Å². The SMILES string of the molecule is CCOc1ccc(C=C2C(=O)NC(=O)N(c3cccc(C(F)(F)F)c3)C2=O)cc1. The number of hydrogen-bond donors (Lipinski definition) is 1. The zero-order chi connectivity index (χ0) is 21.2. The maximum absolute atomic E-state index is 13.0. The summed E-state index contributed by atoms with van der Waals surface area (Å²) in [6.45, 7) is 2.29. The van der Waals surface area contributed by atoms with Crippen molar-refractivity contribution in [3.8, 4) is 5.75 Å². The molecular formula is C20H15F3N2O4. The Balaban J connectivity index is 1.96. The van der Waals surface area contributed by atoms with Crippen LogP contribution in [0.4, 0.5) is 23.7 Å². The second-order valence-electron chi connectivity index (χ2n) is 6.01. The maximum atomic E-state index is 13.0. The Kier molecular flexibility index (Phi) is 5.40. The summed E-state index contributed by atoms with van der Waals surface area (Å²) in [7, 11) is 0. The summed E-state index contributed by atoms with van der Waals surface area (Å²) in [6.07, 6.45) is -3.40. The number of rotatable bonds is 4. The summed E-state index contributed by atoms with van der Waals surface area (Å²) >= 11 is 0. The second kappa shape index (κ2) is 7.78. The van der Waals surface area contributed by atoms with Crippen LogP contribution in [0.1, 0.15) is 18.1 Å². The third-order valence-electron chi connectivity index (χ3n) is 4.04. The first-order valence-corrected chi connectivity index (χ1v) is 8.52. The van der Waals surface area contributed by atoms with E-state index in [0.29, 0.717) is 28.9 Å². The van der Waals surface area contributed by atoms with Crippen LogP contribution in [0.5, 0.6) is 5.75 Å². The fourth-order valence-corrected chi connectivity index (χ4v) is 2.71. The summed E-state index contributed by atoms with van der Waals surface area (Å²) in [4.78, 5) is 37.5. The number of anilines is 1. The zero-order valence-corrected chi connectivity index (χ0v) is 15.1. The molecule has 1 saturated heterocycles. The fraction of sp³-hybridized carbons (Fsp3) is 0.150. The molecule has 1 heterocycles. The average Bonchev–Trinajstić information content (AvgIpc) is 2.66. The molecular weight excluding hydrogens is 389 g/mol. The van der Waals surface area contributed by atoms with Crippen molar-refractivity contribution < 1.29 is 32.3 Å². The molecule has 0 saturated carbocycles. The van der Waals surface area contributed by atoms with E-state index >= 15 is 0 Å². The van der Waals surface area contributed by atoms with E-state index in [1.54, 1.807) is 24.3 Å². The van der Waals surface area contributed by atoms with Crippen molar-refractivity contribution in [3.63, 3.8) is 0 Å². The minimum Gasteiger partial charge on any atom is -0.494 e. The predicted molar refractivity (Wildman–Crippen MR) is 98.1 cm³/mol. The molecule has 0 bridgehead atoms. The van der Waals surface area contributed by atoms with Gasteiger partial charge in [0, 0.05) is 0 Å². The van der Waals surface area contributed by atoms with E-state index in [1.165, 1.54) is 12.1 Å². The quantitative estimate of drug-likeness (QED) is 0.622. The molecule has 0 radical (unpaired) electrons. The van der Waals surface area contributed by atoms with E-state index < -0.39 is 29.6 Å². The van der Waals surface area contributed by atoms with E-state index in [0.717, 1.165) is 12.1 Å². The van der Waals surface area contributed by atoms with Gasteiger partial charge in [-0.25, -0.2) is 9.69 Å². The lowest BCUT2D eigenvalue weighted by atomic mass is 10.1. The molecule has 2 aromatic carbocycles. The highest BCUT2D eigenvalue weighted by molar-refractivity contribution is 6.39. The molecule has 1 aliphatic heterocycles. The lowest BCUT2D eigenvalue weighted by Gasteiger charge is -2.26. The van der Waals surface area contributed by atoms with E-state index in [2.05, 4.69) is 0 Å². The number of imide groups is 2. The van der Waals surface area contributed by atoms with Gasteiger partial charge >= 0.3 is 12.2 Å². The van der Waals surface area contributed by atoms with Crippen molar-refractivity contribution in [2.75, 3.05) is 11.5 Å². The minimum absolute atomic E-state index is 0.299. The second-order valence-corrected chi connectivity index (χ2v) is 6.01. The van der Waals surface area contributed by atoms with Crippen LogP contribution in [0.15, 0.2) is 54.1 Å². The minimum atomic E-state index is -4.65. The number of alkyl halides is 3. The monoisotopic (exact) mass is 404 g/mol. The number of halogens is 3. The highest BCUT2D eigenvalue weighted by Gasteiger charge is 2.38. The fourth-order valence-electron chi connectivity index (χ4n) is 2.71. The molecule has 0 aliphatic carbocycles. The molecule has 0 spiro atoms. The van der Waals surface area contributed by atoms with E-state index in [9.17, 15) is 27.6 Å². The predicted octanol–water partition coefficient (Wildman–Crippen LogP) is 3.77. The van der Waals surface area contributed by atoms with Gasteiger partial charge in [-0.1, -0.05) is 18.2 Å². The van der Waals surface area contributed by atoms with Gasteiger partial charge in [0.25, 0.3) is 11.8 Å². The number of carbonyl (C=O) groups excluding carboxylic acids is 3. The standard InChI is InChI=1S/C20H15F3N2O4/c1-2-29-15-8-6-12(7-9-15)10-16-17(26)24-19(28)25(18(16)27)14-5-3-4-13(11-14)20(21,22)23/h3-11H,2H2,1H3,(H,24,26,28). The summed E-state index contributed by atoms with van der Waals surface area (Å²) in [5.41, 5.74) is -1.23. The van der Waals surface area contributed by atoms with Gasteiger partial charge in [-0.15, -0.1) is 0 Å². The van der Waals surface area contributed by atoms with Crippen molar-refractivity contribution in [3.05, 3.63) is 65.2 Å². The average molecular weight is 404 g/mol. The molecule has 1 N–H and O–H groups in total. The number of nitrogens with zero attached hydrogens (tertiary/aromatic N) is 1. The van der Waals surface area contributed by atoms with E-state index in [4.69, 9.17) is 4.74 Å². The van der Waals surface area contributed by atoms with Gasteiger partial charge in [0.1, 0.15) is 11.3 Å². The number of amides is 4. The molecule has 6 nitrogen and oxygen atoms in total. The summed E-state index contributed by atoms with van der Waals surface area (Å²) < 4.78 is 44.2. The third-order valence-corrected chi connectivity index (χ3v) is 4.04. The molecule has 4 amide bonds. The van der Waals surface area contributed by atoms with Crippen molar-refractivity contribution in [2.45, 2.75) is 13.1 Å². The molecule has 3 rings (SSSR count). The summed E-state index contributed by atoms with van der Waals surface area (Å²) in [5, 5.41) is 1.97. The van der Waals surface area contributed by atoms with Gasteiger partial charge in [-0.05, 0) is 48.9 Å². The van der Waals surface area contributed by atoms with Gasteiger partial charge in [0.2, 0.25) is 0 Å². The smallest absolute Gasteiger partial charge is 0.416 e. The Morgan fingerprint density at radius 1 is 1.07 bits per heavy atom. The summed E-state index contributed by atoms with van der Waals surface area (Å²) in [5.74, 6) is -1.36. The van der Waals surface area contributed by atoms with Crippen molar-refractivity contribution in [1.29, 1.82) is 0 Å². The first-order chi connectivity index (χ1) is 13.7. The van der Waals surface area contributed by atoms with Crippen LogP contribution in [-0.2, 0) is 15.8 Å². The third kappa shape index (κ3) is 4.29. The lowest BCUT2D eigenvalue weighted by Crippen LogP contribution is -2.54. The van der Waals surface area contributed by atoms with Crippen LogP contribution in [-0.4, -0.2) is 24.5 Å². The Morgan fingerprint density at radius 3 is 2.38 bits per heavy atom. The Labute approximate surface area is 163 Å². The van der Waals surface area contributed by atoms with Gasteiger partial charge in [0.15, 0.2) is 0 Å². The lowest BCUT2D eigenvalue weighted by molar-refractivity contribution is -0.137. The first kappa shape index (κ1) is 20.1. The molecule has 0 aromatic heterocycles. The number of ether oxygens (including phenoxy) is 1. The van der Waals surface area contributed by atoms with Crippen molar-refractivity contribution in [2.24, 2.45) is 0 Å². The van der Waals surface area contributed by atoms with E-state index in [-0.39, 0.29) is 11.3 Å². The molecule has 150 valence electrons. The zero-order valence-electron chi connectivity index (χ0n) is 15.1. The van der Waals surface area contributed by atoms with Gasteiger partial charge in [-0.2, -0.15) is 13.2 Å². The van der Waals surface area contributed by atoms with Crippen LogP contribution >= 0.6 is 0 Å². The molecule has 1 fully saturated rings. The van der Waals surface area contributed by atoms with Crippen LogP contribution < -0.4 is 15.0 Å². The number of carbonyl (C=O) groups is 3. The number of urea groups is 1. The molecule has 1 aliphatic rings. The number of barbiturate groups is 1. The molecule has 2 aromatic rings. The molecule has 0 atom stereocenters. The van der Waals surface area contributed by atoms with Crippen LogP contribution in [0, 0.1) is 0 Å². The van der Waals surface area contributed by atoms with Crippen molar-refractivity contribution in [1.82, 2.24) is 5.32 Å². The number of nitrogens with one attached hydrogen (secondary N) is 1. The largest absolute Gasteiger partial charge is 0.494 e. The van der Waals surface area contributed by atoms with Crippen LogP contribution in [0.3, 0.4) is 0 Å². The van der Waals surface area contributed by atoms with Gasteiger partial charge < -0.3 is 4.74 Å².